The summed E-state index contributed by atoms with van der Waals surface area (Å²) in [6.45, 7) is -0.134. The Hall–Kier alpha value is -4.14. The molecule has 0 bridgehead atoms. The Morgan fingerprint density at radius 1 is 1.03 bits per heavy atom. The molecule has 4 rings (SSSR count). The molecule has 0 saturated carbocycles. The van der Waals surface area contributed by atoms with Crippen molar-refractivity contribution in [3.63, 3.8) is 0 Å². The van der Waals surface area contributed by atoms with Crippen LogP contribution in [0.4, 0.5) is 0 Å². The molecule has 2 aromatic heterocycles. The van der Waals surface area contributed by atoms with Crippen molar-refractivity contribution in [2.75, 3.05) is 14.2 Å². The van der Waals surface area contributed by atoms with Crippen molar-refractivity contribution < 1.29 is 27.9 Å². The van der Waals surface area contributed by atoms with Crippen LogP contribution >= 0.6 is 0 Å². The van der Waals surface area contributed by atoms with E-state index in [0.717, 1.165) is 5.56 Å². The zero-order valence-corrected chi connectivity index (χ0v) is 17.6. The molecule has 9 heteroatoms. The van der Waals surface area contributed by atoms with Crippen molar-refractivity contribution in [3.8, 4) is 34.2 Å². The highest BCUT2D eigenvalue weighted by Gasteiger charge is 2.16. The summed E-state index contributed by atoms with van der Waals surface area (Å²) in [4.78, 5) is 20.6. The Balaban J connectivity index is 1.30. The van der Waals surface area contributed by atoms with Crippen molar-refractivity contribution in [1.29, 1.82) is 0 Å². The molecule has 0 aliphatic rings. The highest BCUT2D eigenvalue weighted by atomic mass is 16.6. The second-order valence-electron chi connectivity index (χ2n) is 6.72. The third kappa shape index (κ3) is 4.94. The van der Waals surface area contributed by atoms with Gasteiger partial charge in [-0.2, -0.15) is 4.98 Å². The number of oxazole rings is 1. The van der Waals surface area contributed by atoms with Crippen LogP contribution in [0.5, 0.6) is 11.5 Å². The molecule has 0 N–H and O–H groups in total. The molecule has 2 heterocycles. The molecule has 0 atom stereocenters. The summed E-state index contributed by atoms with van der Waals surface area (Å²) in [7, 11) is 3.11. The van der Waals surface area contributed by atoms with E-state index in [4.69, 9.17) is 23.2 Å². The van der Waals surface area contributed by atoms with E-state index < -0.39 is 5.97 Å². The van der Waals surface area contributed by atoms with E-state index in [0.29, 0.717) is 41.0 Å². The average Bonchev–Trinajstić information content (AvgIpc) is 3.51. The van der Waals surface area contributed by atoms with Crippen LogP contribution in [0.15, 0.2) is 63.7 Å². The van der Waals surface area contributed by atoms with E-state index in [9.17, 15) is 4.79 Å². The van der Waals surface area contributed by atoms with E-state index in [2.05, 4.69) is 15.1 Å². The molecule has 0 aliphatic heterocycles. The van der Waals surface area contributed by atoms with Gasteiger partial charge in [-0.3, -0.25) is 4.79 Å². The Bertz CT molecular complexity index is 1190. The lowest BCUT2D eigenvalue weighted by Crippen LogP contribution is -2.06. The molecule has 4 aromatic rings. The number of nitrogens with zero attached hydrogens (tertiary/aromatic N) is 3. The van der Waals surface area contributed by atoms with Crippen molar-refractivity contribution in [2.45, 2.75) is 19.4 Å². The van der Waals surface area contributed by atoms with Gasteiger partial charge in [-0.05, 0) is 12.1 Å². The smallest absolute Gasteiger partial charge is 0.306 e. The minimum atomic E-state index is -0.425. The zero-order valence-electron chi connectivity index (χ0n) is 17.6. The SMILES string of the molecule is COc1ccc(-c2noc(COC(=O)CCc3ncc(-c4ccccc4)o3)n2)c(OC)c1. The van der Waals surface area contributed by atoms with Crippen molar-refractivity contribution in [2.24, 2.45) is 0 Å². The number of esters is 1. The van der Waals surface area contributed by atoms with Crippen LogP contribution in [0.2, 0.25) is 0 Å². The fraction of sp³-hybridized carbons (Fsp3) is 0.217. The molecular weight excluding hydrogens is 414 g/mol. The van der Waals surface area contributed by atoms with Gasteiger partial charge in [0.15, 0.2) is 18.3 Å². The Morgan fingerprint density at radius 2 is 1.88 bits per heavy atom. The number of carbonyl (C=O) groups excluding carboxylic acids is 1. The topological polar surface area (TPSA) is 110 Å². The third-order valence-corrected chi connectivity index (χ3v) is 4.63. The minimum absolute atomic E-state index is 0.113. The van der Waals surface area contributed by atoms with E-state index >= 15 is 0 Å². The second-order valence-corrected chi connectivity index (χ2v) is 6.72. The molecule has 2 aromatic carbocycles. The number of benzene rings is 2. The number of aryl methyl sites for hydroxylation is 1. The molecule has 0 saturated heterocycles. The van der Waals surface area contributed by atoms with Crippen LogP contribution in [0.25, 0.3) is 22.7 Å². The van der Waals surface area contributed by atoms with E-state index in [-0.39, 0.29) is 18.9 Å². The number of methoxy groups -OCH3 is 2. The molecule has 0 aliphatic carbocycles. The number of hydrogen-bond donors (Lipinski definition) is 0. The van der Waals surface area contributed by atoms with E-state index in [1.54, 1.807) is 31.5 Å². The van der Waals surface area contributed by atoms with Crippen LogP contribution < -0.4 is 9.47 Å². The van der Waals surface area contributed by atoms with Crippen molar-refractivity contribution >= 4 is 5.97 Å². The minimum Gasteiger partial charge on any atom is -0.497 e. The summed E-state index contributed by atoms with van der Waals surface area (Å²) in [5, 5.41) is 3.93. The van der Waals surface area contributed by atoms with E-state index in [1.807, 2.05) is 30.3 Å². The maximum atomic E-state index is 12.1. The molecule has 0 unspecified atom stereocenters. The van der Waals surface area contributed by atoms with Gasteiger partial charge in [-0.15, -0.1) is 0 Å². The molecule has 9 nitrogen and oxygen atoms in total. The molecule has 164 valence electrons. The highest BCUT2D eigenvalue weighted by molar-refractivity contribution is 5.69. The predicted molar refractivity (Wildman–Crippen MR) is 113 cm³/mol. The highest BCUT2D eigenvalue weighted by Crippen LogP contribution is 2.31. The summed E-state index contributed by atoms with van der Waals surface area (Å²) < 4.78 is 26.6. The third-order valence-electron chi connectivity index (χ3n) is 4.63. The van der Waals surface area contributed by atoms with Crippen LogP contribution in [-0.4, -0.2) is 35.3 Å². The van der Waals surface area contributed by atoms with Gasteiger partial charge >= 0.3 is 5.97 Å². The second kappa shape index (κ2) is 9.78. The standard InChI is InChI=1S/C23H21N3O6/c1-28-16-8-9-17(18(12-16)29-2)23-25-21(32-26-23)14-30-22(27)11-10-20-24-13-19(31-20)15-6-4-3-5-7-15/h3-9,12-13H,10-11,14H2,1-2H3. The molecule has 32 heavy (non-hydrogen) atoms. The Kier molecular flexibility index (Phi) is 6.45. The molecule has 0 radical (unpaired) electrons. The van der Waals surface area contributed by atoms with Crippen LogP contribution in [0.3, 0.4) is 0 Å². The summed E-state index contributed by atoms with van der Waals surface area (Å²) in [5.74, 6) is 2.37. The Labute approximate surface area is 183 Å². The maximum Gasteiger partial charge on any atom is 0.306 e. The average molecular weight is 435 g/mol. The molecular formula is C23H21N3O6. The molecule has 0 spiro atoms. The van der Waals surface area contributed by atoms with Gasteiger partial charge in [-0.25, -0.2) is 4.98 Å². The summed E-state index contributed by atoms with van der Waals surface area (Å²) in [5.41, 5.74) is 1.56. The Morgan fingerprint density at radius 3 is 2.66 bits per heavy atom. The molecule has 0 fully saturated rings. The first kappa shape index (κ1) is 21.1. The molecule has 0 amide bonds. The maximum absolute atomic E-state index is 12.1. The van der Waals surface area contributed by atoms with Crippen LogP contribution in [-0.2, 0) is 22.6 Å². The van der Waals surface area contributed by atoms with Crippen molar-refractivity contribution in [3.05, 3.63) is 66.5 Å². The number of aromatic nitrogens is 3. The first-order chi connectivity index (χ1) is 15.7. The lowest BCUT2D eigenvalue weighted by Gasteiger charge is -2.07. The van der Waals surface area contributed by atoms with Gasteiger partial charge in [0, 0.05) is 18.1 Å². The fourth-order valence-corrected chi connectivity index (χ4v) is 2.99. The van der Waals surface area contributed by atoms with Gasteiger partial charge in [-0.1, -0.05) is 35.5 Å². The van der Waals surface area contributed by atoms with Gasteiger partial charge in [0.25, 0.3) is 5.89 Å². The number of rotatable bonds is 9. The summed E-state index contributed by atoms with van der Waals surface area (Å²) >= 11 is 0. The number of carbonyl (C=O) groups is 1. The van der Waals surface area contributed by atoms with Gasteiger partial charge in [0.1, 0.15) is 11.5 Å². The van der Waals surface area contributed by atoms with Crippen LogP contribution in [0.1, 0.15) is 18.2 Å². The lowest BCUT2D eigenvalue weighted by molar-refractivity contribution is -0.145. The van der Waals surface area contributed by atoms with Gasteiger partial charge < -0.3 is 23.2 Å². The van der Waals surface area contributed by atoms with E-state index in [1.165, 1.54) is 7.11 Å². The summed E-state index contributed by atoms with van der Waals surface area (Å²) in [6, 6.07) is 14.9. The van der Waals surface area contributed by atoms with Crippen molar-refractivity contribution in [1.82, 2.24) is 15.1 Å². The quantitative estimate of drug-likeness (QED) is 0.359. The number of hydrogen-bond acceptors (Lipinski definition) is 9. The van der Waals surface area contributed by atoms with Gasteiger partial charge in [0.05, 0.1) is 32.4 Å². The monoisotopic (exact) mass is 435 g/mol. The normalized spacial score (nSPS) is 10.7. The lowest BCUT2D eigenvalue weighted by atomic mass is 10.2. The first-order valence-electron chi connectivity index (χ1n) is 9.87. The zero-order chi connectivity index (χ0) is 22.3. The number of ether oxygens (including phenoxy) is 3. The summed E-state index contributed by atoms with van der Waals surface area (Å²) in [6.07, 6.45) is 2.08. The van der Waals surface area contributed by atoms with Gasteiger partial charge in [0.2, 0.25) is 5.82 Å². The van der Waals surface area contributed by atoms with Crippen LogP contribution in [0, 0.1) is 0 Å². The predicted octanol–water partition coefficient (Wildman–Crippen LogP) is 4.08. The first-order valence-corrected chi connectivity index (χ1v) is 9.87. The largest absolute Gasteiger partial charge is 0.497 e. The fourth-order valence-electron chi connectivity index (χ4n) is 2.99.